The van der Waals surface area contributed by atoms with Crippen LogP contribution < -0.4 is 0 Å². The van der Waals surface area contributed by atoms with E-state index in [4.69, 9.17) is 0 Å². The molecule has 76 valence electrons. The molecule has 1 aliphatic carbocycles. The van der Waals surface area contributed by atoms with Crippen molar-refractivity contribution in [1.29, 1.82) is 0 Å². The van der Waals surface area contributed by atoms with Gasteiger partial charge in [-0.05, 0) is 30.6 Å². The molecule has 0 amide bonds. The van der Waals surface area contributed by atoms with Crippen molar-refractivity contribution in [3.05, 3.63) is 0 Å². The molecule has 1 saturated carbocycles. The number of rotatable bonds is 3. The molecule has 0 saturated heterocycles. The predicted molar refractivity (Wildman–Crippen MR) is 55.5 cm³/mol. The van der Waals surface area contributed by atoms with E-state index in [1.165, 1.54) is 19.1 Å². The second-order valence-corrected chi connectivity index (χ2v) is 5.06. The van der Waals surface area contributed by atoms with Gasteiger partial charge >= 0.3 is 0 Å². The summed E-state index contributed by atoms with van der Waals surface area (Å²) in [6.07, 6.45) is 4.82. The minimum atomic E-state index is -0.00579. The second-order valence-electron chi connectivity index (χ2n) is 5.06. The summed E-state index contributed by atoms with van der Waals surface area (Å²) < 4.78 is 0. The van der Waals surface area contributed by atoms with Gasteiger partial charge in [-0.3, -0.25) is 0 Å². The quantitative estimate of drug-likeness (QED) is 0.612. The lowest BCUT2D eigenvalue weighted by Crippen LogP contribution is -2.35. The first-order chi connectivity index (χ1) is 6.04. The molecule has 1 nitrogen and oxygen atoms in total. The predicted octanol–water partition coefficient (Wildman–Crippen LogP) is 3.28. The first kappa shape index (κ1) is 10.7. The third-order valence-electron chi connectivity index (χ3n) is 4.23. The van der Waals surface area contributed by atoms with Gasteiger partial charge in [0.1, 0.15) is 6.29 Å². The minimum Gasteiger partial charge on any atom is -0.303 e. The monoisotopic (exact) mass is 182 g/mol. The number of carbonyl (C=O) groups is 1. The normalized spacial score (nSPS) is 36.5. The summed E-state index contributed by atoms with van der Waals surface area (Å²) in [5, 5.41) is 0. The van der Waals surface area contributed by atoms with Gasteiger partial charge in [-0.1, -0.05) is 34.1 Å². The molecule has 0 aliphatic heterocycles. The Morgan fingerprint density at radius 2 is 2.00 bits per heavy atom. The first-order valence-electron chi connectivity index (χ1n) is 5.51. The fraction of sp³-hybridized carbons (Fsp3) is 0.917. The van der Waals surface area contributed by atoms with E-state index < -0.39 is 0 Å². The van der Waals surface area contributed by atoms with E-state index in [0.717, 1.165) is 6.42 Å². The molecule has 13 heavy (non-hydrogen) atoms. The van der Waals surface area contributed by atoms with E-state index in [0.29, 0.717) is 17.8 Å². The lowest BCUT2D eigenvalue weighted by Gasteiger charge is -2.36. The lowest BCUT2D eigenvalue weighted by molar-refractivity contribution is -0.121. The SMILES string of the molecule is CC(C)C(C)C1(C=O)CCCC1C. The summed E-state index contributed by atoms with van der Waals surface area (Å²) in [7, 11) is 0. The maximum Gasteiger partial charge on any atom is 0.126 e. The van der Waals surface area contributed by atoms with E-state index >= 15 is 0 Å². The molecule has 1 aliphatic rings. The molecule has 0 heterocycles. The van der Waals surface area contributed by atoms with Gasteiger partial charge in [-0.15, -0.1) is 0 Å². The van der Waals surface area contributed by atoms with Crippen molar-refractivity contribution in [1.82, 2.24) is 0 Å². The fourth-order valence-electron chi connectivity index (χ4n) is 2.81. The van der Waals surface area contributed by atoms with Gasteiger partial charge in [0.15, 0.2) is 0 Å². The van der Waals surface area contributed by atoms with Crippen LogP contribution in [-0.2, 0) is 4.79 Å². The Bertz CT molecular complexity index is 186. The van der Waals surface area contributed by atoms with Crippen LogP contribution in [0.5, 0.6) is 0 Å². The highest BCUT2D eigenvalue weighted by Crippen LogP contribution is 2.49. The van der Waals surface area contributed by atoms with Crippen LogP contribution >= 0.6 is 0 Å². The van der Waals surface area contributed by atoms with Crippen LogP contribution in [0.3, 0.4) is 0 Å². The van der Waals surface area contributed by atoms with Crippen LogP contribution in [0.1, 0.15) is 47.0 Å². The zero-order chi connectivity index (χ0) is 10.1. The van der Waals surface area contributed by atoms with E-state index in [1.807, 2.05) is 0 Å². The Labute approximate surface area is 81.9 Å². The zero-order valence-corrected chi connectivity index (χ0v) is 9.34. The van der Waals surface area contributed by atoms with E-state index in [1.54, 1.807) is 0 Å². The summed E-state index contributed by atoms with van der Waals surface area (Å²) in [4.78, 5) is 11.3. The third kappa shape index (κ3) is 1.66. The first-order valence-corrected chi connectivity index (χ1v) is 5.51. The number of aldehydes is 1. The minimum absolute atomic E-state index is 0.00579. The molecule has 1 fully saturated rings. The van der Waals surface area contributed by atoms with Crippen LogP contribution in [0.2, 0.25) is 0 Å². The average Bonchev–Trinajstić information content (AvgIpc) is 2.46. The molecular weight excluding hydrogens is 160 g/mol. The molecular formula is C12H22O. The van der Waals surface area contributed by atoms with Crippen molar-refractivity contribution < 1.29 is 4.79 Å². The Balaban J connectivity index is 2.85. The van der Waals surface area contributed by atoms with Crippen molar-refractivity contribution in [2.24, 2.45) is 23.2 Å². The molecule has 0 N–H and O–H groups in total. The largest absolute Gasteiger partial charge is 0.303 e. The summed E-state index contributed by atoms with van der Waals surface area (Å²) in [6.45, 7) is 8.92. The van der Waals surface area contributed by atoms with Gasteiger partial charge in [0.05, 0.1) is 0 Å². The van der Waals surface area contributed by atoms with Crippen LogP contribution in [0.15, 0.2) is 0 Å². The van der Waals surface area contributed by atoms with Crippen LogP contribution in [0, 0.1) is 23.2 Å². The van der Waals surface area contributed by atoms with E-state index in [2.05, 4.69) is 27.7 Å². The molecule has 3 unspecified atom stereocenters. The highest BCUT2D eigenvalue weighted by atomic mass is 16.1. The van der Waals surface area contributed by atoms with Gasteiger partial charge < -0.3 is 4.79 Å². The maximum atomic E-state index is 11.3. The van der Waals surface area contributed by atoms with E-state index in [-0.39, 0.29) is 5.41 Å². The molecule has 0 radical (unpaired) electrons. The average molecular weight is 182 g/mol. The van der Waals surface area contributed by atoms with Gasteiger partial charge in [0.25, 0.3) is 0 Å². The molecule has 1 heteroatoms. The highest BCUT2D eigenvalue weighted by molar-refractivity contribution is 5.61. The van der Waals surface area contributed by atoms with Crippen LogP contribution in [0.25, 0.3) is 0 Å². The molecule has 0 aromatic rings. The van der Waals surface area contributed by atoms with Gasteiger partial charge in [-0.2, -0.15) is 0 Å². The third-order valence-corrected chi connectivity index (χ3v) is 4.23. The van der Waals surface area contributed by atoms with Crippen molar-refractivity contribution in [2.45, 2.75) is 47.0 Å². The smallest absolute Gasteiger partial charge is 0.126 e. The van der Waals surface area contributed by atoms with E-state index in [9.17, 15) is 4.79 Å². The fourth-order valence-corrected chi connectivity index (χ4v) is 2.81. The lowest BCUT2D eigenvalue weighted by atomic mass is 9.66. The Kier molecular flexibility index (Phi) is 3.15. The van der Waals surface area contributed by atoms with Crippen LogP contribution in [-0.4, -0.2) is 6.29 Å². The molecule has 3 atom stereocenters. The summed E-state index contributed by atoms with van der Waals surface area (Å²) in [5.74, 6) is 1.73. The number of hydrogen-bond acceptors (Lipinski definition) is 1. The summed E-state index contributed by atoms with van der Waals surface area (Å²) in [6, 6.07) is 0. The topological polar surface area (TPSA) is 17.1 Å². The number of carbonyl (C=O) groups excluding carboxylic acids is 1. The molecule has 0 spiro atoms. The maximum absolute atomic E-state index is 11.3. The van der Waals surface area contributed by atoms with Crippen molar-refractivity contribution in [3.8, 4) is 0 Å². The van der Waals surface area contributed by atoms with Crippen molar-refractivity contribution in [2.75, 3.05) is 0 Å². The van der Waals surface area contributed by atoms with Gasteiger partial charge in [-0.25, -0.2) is 0 Å². The molecule has 0 aromatic carbocycles. The summed E-state index contributed by atoms with van der Waals surface area (Å²) in [5.41, 5.74) is -0.00579. The van der Waals surface area contributed by atoms with Gasteiger partial charge in [0, 0.05) is 5.41 Å². The Hall–Kier alpha value is -0.330. The molecule has 0 aromatic heterocycles. The number of hydrogen-bond donors (Lipinski definition) is 0. The second kappa shape index (κ2) is 3.81. The standard InChI is InChI=1S/C12H22O/c1-9(2)11(4)12(8-13)7-5-6-10(12)3/h8-11H,5-7H2,1-4H3. The zero-order valence-electron chi connectivity index (χ0n) is 9.34. The van der Waals surface area contributed by atoms with Crippen molar-refractivity contribution >= 4 is 6.29 Å². The molecule has 1 rings (SSSR count). The molecule has 0 bridgehead atoms. The Morgan fingerprint density at radius 1 is 1.38 bits per heavy atom. The summed E-state index contributed by atoms with van der Waals surface area (Å²) >= 11 is 0. The van der Waals surface area contributed by atoms with Crippen LogP contribution in [0.4, 0.5) is 0 Å². The Morgan fingerprint density at radius 3 is 2.31 bits per heavy atom. The highest BCUT2D eigenvalue weighted by Gasteiger charge is 2.45. The van der Waals surface area contributed by atoms with Gasteiger partial charge in [0.2, 0.25) is 0 Å². The van der Waals surface area contributed by atoms with Crippen molar-refractivity contribution in [3.63, 3.8) is 0 Å².